The van der Waals surface area contributed by atoms with Gasteiger partial charge in [0.25, 0.3) is 11.8 Å². The molecule has 3 aliphatic heterocycles. The molecule has 3 N–H and O–H groups in total. The van der Waals surface area contributed by atoms with Crippen LogP contribution in [-0.4, -0.2) is 78.4 Å². The molecule has 0 radical (unpaired) electrons. The number of fused-ring (bicyclic) bond motifs is 4. The standard InChI is InChI=1S/C32H41N5O7/c1-5-19(2)27-29(39)34-21(4)30(40)37-14-6-7-25(36-37)28(38)33-20(3)24-11-10-23-9-8-22(15-26(23)35-24)12-13-32(31(41)44-27)16-42-18-43-17-32/h8-13,15,19-21,25,27,36H,5-7,14,16-18H2,1-4H3,(H,33,38)(H,34,39)/b13-12-/t19-,20+,21-,25-,27-/m0/s1. The van der Waals surface area contributed by atoms with E-state index in [4.69, 9.17) is 19.2 Å². The normalized spacial score (nSPS) is 28.2. The Morgan fingerprint density at radius 1 is 1.02 bits per heavy atom. The van der Waals surface area contributed by atoms with Gasteiger partial charge in [0.05, 0.1) is 30.5 Å². The van der Waals surface area contributed by atoms with Gasteiger partial charge in [0.2, 0.25) is 5.91 Å². The summed E-state index contributed by atoms with van der Waals surface area (Å²) in [5.41, 5.74) is 3.93. The fraction of sp³-hybridized carbons (Fsp3) is 0.531. The average Bonchev–Trinajstić information content (AvgIpc) is 3.04. The number of pyridine rings is 1. The predicted molar refractivity (Wildman–Crippen MR) is 161 cm³/mol. The Kier molecular flexibility index (Phi) is 9.62. The first-order valence-corrected chi connectivity index (χ1v) is 15.2. The molecule has 2 aromatic rings. The van der Waals surface area contributed by atoms with Gasteiger partial charge in [-0.2, -0.15) is 0 Å². The fourth-order valence-electron chi connectivity index (χ4n) is 5.57. The Hall–Kier alpha value is -3.87. The maximum absolute atomic E-state index is 13.8. The van der Waals surface area contributed by atoms with Gasteiger partial charge in [-0.1, -0.05) is 44.2 Å². The highest BCUT2D eigenvalue weighted by Crippen LogP contribution is 2.30. The summed E-state index contributed by atoms with van der Waals surface area (Å²) >= 11 is 0. The monoisotopic (exact) mass is 607 g/mol. The molecule has 1 spiro atoms. The molecule has 2 saturated heterocycles. The van der Waals surface area contributed by atoms with E-state index in [-0.39, 0.29) is 31.8 Å². The van der Waals surface area contributed by atoms with Gasteiger partial charge in [-0.05, 0) is 50.8 Å². The zero-order valence-electron chi connectivity index (χ0n) is 25.6. The molecule has 0 saturated carbocycles. The van der Waals surface area contributed by atoms with Crippen molar-refractivity contribution < 1.29 is 33.4 Å². The van der Waals surface area contributed by atoms with Crippen molar-refractivity contribution in [2.75, 3.05) is 26.6 Å². The maximum Gasteiger partial charge on any atom is 0.321 e. The molecule has 2 fully saturated rings. The molecule has 5 rings (SSSR count). The molecule has 1 aromatic carbocycles. The Labute approximate surface area is 256 Å². The molecule has 3 amide bonds. The van der Waals surface area contributed by atoms with Crippen molar-refractivity contribution in [3.8, 4) is 0 Å². The zero-order valence-corrected chi connectivity index (χ0v) is 25.6. The largest absolute Gasteiger partial charge is 0.451 e. The average molecular weight is 608 g/mol. The number of amides is 3. The molecule has 4 heterocycles. The van der Waals surface area contributed by atoms with Gasteiger partial charge in [0, 0.05) is 17.8 Å². The first kappa shape index (κ1) is 31.6. The minimum atomic E-state index is -1.29. The number of rotatable bonds is 2. The van der Waals surface area contributed by atoms with E-state index in [0.29, 0.717) is 31.5 Å². The highest BCUT2D eigenvalue weighted by atomic mass is 16.7. The molecule has 0 aliphatic carbocycles. The number of hydrogen-bond acceptors (Lipinski definition) is 9. The van der Waals surface area contributed by atoms with E-state index in [2.05, 4.69) is 16.1 Å². The van der Waals surface area contributed by atoms with Crippen LogP contribution in [0.25, 0.3) is 17.0 Å². The van der Waals surface area contributed by atoms with E-state index in [0.717, 1.165) is 16.5 Å². The topological polar surface area (TPSA) is 148 Å². The minimum Gasteiger partial charge on any atom is -0.451 e. The van der Waals surface area contributed by atoms with E-state index in [9.17, 15) is 19.2 Å². The Morgan fingerprint density at radius 3 is 2.50 bits per heavy atom. The Bertz CT molecular complexity index is 1440. The second-order valence-electron chi connectivity index (χ2n) is 12.0. The summed E-state index contributed by atoms with van der Waals surface area (Å²) < 4.78 is 17.0. The maximum atomic E-state index is 13.8. The molecule has 12 nitrogen and oxygen atoms in total. The summed E-state index contributed by atoms with van der Waals surface area (Å²) in [6, 6.07) is 7.62. The second-order valence-corrected chi connectivity index (χ2v) is 12.0. The molecule has 5 atom stereocenters. The predicted octanol–water partition coefficient (Wildman–Crippen LogP) is 2.39. The molecule has 3 aliphatic rings. The molecule has 0 unspecified atom stereocenters. The van der Waals surface area contributed by atoms with Gasteiger partial charge in [-0.3, -0.25) is 29.2 Å². The number of nitrogens with one attached hydrogen (secondary N) is 3. The number of nitrogens with zero attached hydrogens (tertiary/aromatic N) is 2. The SMILES string of the molecule is CC[C@H](C)[C@@H]1OC(=O)C2(/C=C\c3ccc4ccc(nc4c3)[C@@H](C)NC(=O)[C@@H]3CCCN(N3)C(=O)[C@H](C)NC1=O)COCOC2. The van der Waals surface area contributed by atoms with E-state index >= 15 is 0 Å². The number of carbonyl (C=O) groups is 4. The van der Waals surface area contributed by atoms with Gasteiger partial charge in [0.15, 0.2) is 6.10 Å². The number of esters is 1. The highest BCUT2D eigenvalue weighted by Gasteiger charge is 2.44. The lowest BCUT2D eigenvalue weighted by molar-refractivity contribution is -0.192. The van der Waals surface area contributed by atoms with Crippen LogP contribution in [0, 0.1) is 11.3 Å². The summed E-state index contributed by atoms with van der Waals surface area (Å²) in [7, 11) is 0. The third-order valence-corrected chi connectivity index (χ3v) is 8.58. The van der Waals surface area contributed by atoms with Crippen LogP contribution >= 0.6 is 0 Å². The van der Waals surface area contributed by atoms with Crippen LogP contribution < -0.4 is 16.1 Å². The number of benzene rings is 1. The quantitative estimate of drug-likeness (QED) is 0.438. The first-order valence-electron chi connectivity index (χ1n) is 15.2. The van der Waals surface area contributed by atoms with Gasteiger partial charge in [-0.15, -0.1) is 0 Å². The number of carbonyl (C=O) groups excluding carboxylic acids is 4. The summed E-state index contributed by atoms with van der Waals surface area (Å²) in [6.07, 6.45) is 4.04. The molecule has 5 bridgehead atoms. The third-order valence-electron chi connectivity index (χ3n) is 8.58. The van der Waals surface area contributed by atoms with Crippen molar-refractivity contribution in [1.29, 1.82) is 0 Å². The summed E-state index contributed by atoms with van der Waals surface area (Å²) in [5, 5.41) is 8.04. The molecular weight excluding hydrogens is 566 g/mol. The highest BCUT2D eigenvalue weighted by molar-refractivity contribution is 5.92. The van der Waals surface area contributed by atoms with E-state index in [1.807, 2.05) is 51.1 Å². The van der Waals surface area contributed by atoms with Gasteiger partial charge >= 0.3 is 5.97 Å². The van der Waals surface area contributed by atoms with Crippen molar-refractivity contribution in [2.45, 2.75) is 71.2 Å². The minimum absolute atomic E-state index is 0.0149. The molecular formula is C32H41N5O7. The van der Waals surface area contributed by atoms with Crippen LogP contribution in [-0.2, 0) is 33.4 Å². The lowest BCUT2D eigenvalue weighted by Crippen LogP contribution is -2.61. The van der Waals surface area contributed by atoms with Crippen LogP contribution in [0.5, 0.6) is 0 Å². The summed E-state index contributed by atoms with van der Waals surface area (Å²) in [5.74, 6) is -2.21. The van der Waals surface area contributed by atoms with Crippen molar-refractivity contribution >= 4 is 40.7 Å². The van der Waals surface area contributed by atoms with Crippen LogP contribution in [0.1, 0.15) is 64.3 Å². The number of ether oxygens (including phenoxy) is 3. The lowest BCUT2D eigenvalue weighted by Gasteiger charge is -2.36. The molecule has 236 valence electrons. The van der Waals surface area contributed by atoms with Gasteiger partial charge < -0.3 is 24.8 Å². The van der Waals surface area contributed by atoms with Crippen molar-refractivity contribution in [2.24, 2.45) is 11.3 Å². The smallest absolute Gasteiger partial charge is 0.321 e. The van der Waals surface area contributed by atoms with Crippen molar-refractivity contribution in [3.63, 3.8) is 0 Å². The van der Waals surface area contributed by atoms with Gasteiger partial charge in [-0.25, -0.2) is 5.43 Å². The fourth-order valence-corrected chi connectivity index (χ4v) is 5.57. The van der Waals surface area contributed by atoms with E-state index in [1.54, 1.807) is 19.1 Å². The van der Waals surface area contributed by atoms with Gasteiger partial charge in [0.1, 0.15) is 24.3 Å². The lowest BCUT2D eigenvalue weighted by atomic mass is 9.88. The Morgan fingerprint density at radius 2 is 1.75 bits per heavy atom. The number of cyclic esters (lactones) is 1. The molecule has 1 aromatic heterocycles. The van der Waals surface area contributed by atoms with E-state index < -0.39 is 47.4 Å². The Balaban J connectivity index is 1.53. The molecule has 44 heavy (non-hydrogen) atoms. The van der Waals surface area contributed by atoms with Crippen molar-refractivity contribution in [3.05, 3.63) is 47.7 Å². The summed E-state index contributed by atoms with van der Waals surface area (Å²) in [6.45, 7) is 7.59. The molecule has 12 heteroatoms. The number of aromatic nitrogens is 1. The van der Waals surface area contributed by atoms with Crippen molar-refractivity contribution in [1.82, 2.24) is 26.1 Å². The number of hydrogen-bond donors (Lipinski definition) is 3. The number of hydrazine groups is 1. The van der Waals surface area contributed by atoms with E-state index in [1.165, 1.54) is 5.01 Å². The van der Waals surface area contributed by atoms with Crippen LogP contribution in [0.3, 0.4) is 0 Å². The van der Waals surface area contributed by atoms with Crippen LogP contribution in [0.2, 0.25) is 0 Å². The third kappa shape index (κ3) is 6.77. The zero-order chi connectivity index (χ0) is 31.4. The van der Waals surface area contributed by atoms with Crippen LogP contribution in [0.4, 0.5) is 0 Å². The summed E-state index contributed by atoms with van der Waals surface area (Å²) in [4.78, 5) is 58.7. The first-order chi connectivity index (χ1) is 21.1. The second kappa shape index (κ2) is 13.4. The van der Waals surface area contributed by atoms with Crippen LogP contribution in [0.15, 0.2) is 36.4 Å².